The van der Waals surface area contributed by atoms with E-state index >= 15 is 0 Å². The van der Waals surface area contributed by atoms with Gasteiger partial charge in [0.05, 0.1) is 16.5 Å². The average Bonchev–Trinajstić information content (AvgIpc) is 2.73. The highest BCUT2D eigenvalue weighted by Crippen LogP contribution is 2.22. The fraction of sp³-hybridized carbons (Fsp3) is 0.143. The number of hydrogen-bond acceptors (Lipinski definition) is 5. The van der Waals surface area contributed by atoms with Crippen LogP contribution in [0.1, 0.15) is 5.56 Å². The number of carbonyl (C=O) groups excluding carboxylic acids is 1. The number of pyridine rings is 1. The Kier molecular flexibility index (Phi) is 7.20. The van der Waals surface area contributed by atoms with Crippen LogP contribution in [0.3, 0.4) is 0 Å². The minimum Gasteiger partial charge on any atom is -0.325 e. The number of carbonyl (C=O) groups is 1. The maximum Gasteiger partial charge on any atom is 0.243 e. The number of benzene rings is 2. The smallest absolute Gasteiger partial charge is 0.243 e. The molecule has 1 aromatic heterocycles. The van der Waals surface area contributed by atoms with Gasteiger partial charge in [0.2, 0.25) is 15.9 Å². The molecule has 1 N–H and O–H groups in total. The van der Waals surface area contributed by atoms with E-state index < -0.39 is 21.7 Å². The summed E-state index contributed by atoms with van der Waals surface area (Å²) in [5.74, 6) is -0.326. The van der Waals surface area contributed by atoms with Crippen LogP contribution in [0.25, 0.3) is 0 Å². The Balaban J connectivity index is 1.59. The third-order valence-corrected chi connectivity index (χ3v) is 6.96. The number of halogens is 1. The third kappa shape index (κ3) is 5.88. The molecule has 0 fully saturated rings. The highest BCUT2D eigenvalue weighted by atomic mass is 32.2. The molecule has 30 heavy (non-hydrogen) atoms. The fourth-order valence-corrected chi connectivity index (χ4v) is 4.53. The van der Waals surface area contributed by atoms with Crippen molar-refractivity contribution in [3.8, 4) is 0 Å². The van der Waals surface area contributed by atoms with Gasteiger partial charge in [-0.1, -0.05) is 18.2 Å². The Hall–Kier alpha value is -2.75. The summed E-state index contributed by atoms with van der Waals surface area (Å²) < 4.78 is 39.0. The van der Waals surface area contributed by atoms with Crippen molar-refractivity contribution in [2.24, 2.45) is 0 Å². The summed E-state index contributed by atoms with van der Waals surface area (Å²) in [5.41, 5.74) is 1.57. The molecule has 3 aromatic rings. The van der Waals surface area contributed by atoms with Crippen molar-refractivity contribution in [2.45, 2.75) is 15.7 Å². The van der Waals surface area contributed by atoms with E-state index in [-0.39, 0.29) is 11.4 Å². The van der Waals surface area contributed by atoms with E-state index in [0.717, 1.165) is 27.0 Å². The largest absolute Gasteiger partial charge is 0.325 e. The van der Waals surface area contributed by atoms with Crippen molar-refractivity contribution in [3.63, 3.8) is 0 Å². The lowest BCUT2D eigenvalue weighted by atomic mass is 10.2. The van der Waals surface area contributed by atoms with Crippen molar-refractivity contribution in [3.05, 3.63) is 84.3 Å². The molecule has 0 aliphatic rings. The van der Waals surface area contributed by atoms with Gasteiger partial charge >= 0.3 is 0 Å². The molecule has 0 spiro atoms. The van der Waals surface area contributed by atoms with Crippen LogP contribution < -0.4 is 5.32 Å². The van der Waals surface area contributed by atoms with E-state index in [1.807, 2.05) is 36.4 Å². The number of anilines is 1. The standard InChI is InChI=1S/C21H20FN3O3S2/c1-25(30(27,28)19-10-8-17(22)9-11-19)14-20(26)24-18-6-4-5-16(13-18)15-29-21-7-2-3-12-23-21/h2-13H,14-15H2,1H3,(H,24,26). The van der Waals surface area contributed by atoms with E-state index in [1.165, 1.54) is 19.2 Å². The molecule has 2 aromatic carbocycles. The molecule has 0 aliphatic carbocycles. The van der Waals surface area contributed by atoms with Gasteiger partial charge in [0.1, 0.15) is 5.82 Å². The number of sulfonamides is 1. The van der Waals surface area contributed by atoms with Crippen LogP contribution in [-0.2, 0) is 20.6 Å². The van der Waals surface area contributed by atoms with Gasteiger partial charge in [-0.3, -0.25) is 4.79 Å². The quantitative estimate of drug-likeness (QED) is 0.534. The molecule has 1 amide bonds. The summed E-state index contributed by atoms with van der Waals surface area (Å²) in [4.78, 5) is 16.5. The Morgan fingerprint density at radius 2 is 1.87 bits per heavy atom. The maximum absolute atomic E-state index is 13.0. The van der Waals surface area contributed by atoms with Gasteiger partial charge in [0.15, 0.2) is 0 Å². The van der Waals surface area contributed by atoms with Gasteiger partial charge in [0, 0.05) is 24.7 Å². The zero-order valence-corrected chi connectivity index (χ0v) is 17.8. The first-order valence-electron chi connectivity index (χ1n) is 8.99. The maximum atomic E-state index is 13.0. The lowest BCUT2D eigenvalue weighted by Crippen LogP contribution is -2.35. The Morgan fingerprint density at radius 1 is 1.10 bits per heavy atom. The molecule has 0 unspecified atom stereocenters. The van der Waals surface area contributed by atoms with E-state index in [4.69, 9.17) is 0 Å². The SMILES string of the molecule is CN(CC(=O)Nc1cccc(CSc2ccccn2)c1)S(=O)(=O)c1ccc(F)cc1. The van der Waals surface area contributed by atoms with Gasteiger partial charge < -0.3 is 5.32 Å². The average molecular weight is 446 g/mol. The van der Waals surface area contributed by atoms with Crippen LogP contribution in [0, 0.1) is 5.82 Å². The minimum absolute atomic E-state index is 0.0762. The van der Waals surface area contributed by atoms with Gasteiger partial charge in [-0.15, -0.1) is 11.8 Å². The van der Waals surface area contributed by atoms with Crippen LogP contribution >= 0.6 is 11.8 Å². The van der Waals surface area contributed by atoms with Gasteiger partial charge in [-0.25, -0.2) is 17.8 Å². The zero-order chi connectivity index (χ0) is 21.6. The number of thioether (sulfide) groups is 1. The van der Waals surface area contributed by atoms with Crippen molar-refractivity contribution < 1.29 is 17.6 Å². The number of likely N-dealkylation sites (N-methyl/N-ethyl adjacent to an activating group) is 1. The molecule has 0 radical (unpaired) electrons. The molecular weight excluding hydrogens is 425 g/mol. The lowest BCUT2D eigenvalue weighted by Gasteiger charge is -2.17. The third-order valence-electron chi connectivity index (χ3n) is 4.12. The molecule has 3 rings (SSSR count). The molecule has 0 saturated heterocycles. The monoisotopic (exact) mass is 445 g/mol. The van der Waals surface area contributed by atoms with Crippen LogP contribution in [0.4, 0.5) is 10.1 Å². The van der Waals surface area contributed by atoms with Crippen LogP contribution in [0.5, 0.6) is 0 Å². The van der Waals surface area contributed by atoms with Crippen molar-refractivity contribution in [2.75, 3.05) is 18.9 Å². The molecule has 0 saturated carbocycles. The van der Waals surface area contributed by atoms with Gasteiger partial charge in [-0.2, -0.15) is 4.31 Å². The van der Waals surface area contributed by atoms with E-state index in [2.05, 4.69) is 10.3 Å². The lowest BCUT2D eigenvalue weighted by molar-refractivity contribution is -0.116. The predicted molar refractivity (Wildman–Crippen MR) is 115 cm³/mol. The van der Waals surface area contributed by atoms with E-state index in [1.54, 1.807) is 24.0 Å². The predicted octanol–water partition coefficient (Wildman–Crippen LogP) is 3.77. The van der Waals surface area contributed by atoms with Crippen LogP contribution in [0.15, 0.2) is 82.8 Å². The van der Waals surface area contributed by atoms with Crippen LogP contribution in [0.2, 0.25) is 0 Å². The molecule has 0 atom stereocenters. The first-order chi connectivity index (χ1) is 14.3. The summed E-state index contributed by atoms with van der Waals surface area (Å²) in [6, 6.07) is 17.5. The number of aromatic nitrogens is 1. The second kappa shape index (κ2) is 9.84. The summed E-state index contributed by atoms with van der Waals surface area (Å²) in [6.07, 6.45) is 1.73. The number of nitrogens with one attached hydrogen (secondary N) is 1. The van der Waals surface area contributed by atoms with Crippen molar-refractivity contribution in [1.29, 1.82) is 0 Å². The summed E-state index contributed by atoms with van der Waals surface area (Å²) in [5, 5.41) is 3.62. The Bertz CT molecular complexity index is 1110. The number of rotatable bonds is 8. The Morgan fingerprint density at radius 3 is 2.57 bits per heavy atom. The summed E-state index contributed by atoms with van der Waals surface area (Å²) in [7, 11) is -2.59. The highest BCUT2D eigenvalue weighted by molar-refractivity contribution is 7.98. The van der Waals surface area contributed by atoms with Gasteiger partial charge in [-0.05, 0) is 54.1 Å². The molecule has 0 aliphatic heterocycles. The molecule has 9 heteroatoms. The summed E-state index contributed by atoms with van der Waals surface area (Å²) >= 11 is 1.58. The number of hydrogen-bond donors (Lipinski definition) is 1. The Labute approximate surface area is 179 Å². The van der Waals surface area contributed by atoms with E-state index in [0.29, 0.717) is 11.4 Å². The highest BCUT2D eigenvalue weighted by Gasteiger charge is 2.23. The first kappa shape index (κ1) is 21.9. The molecule has 6 nitrogen and oxygen atoms in total. The molecule has 156 valence electrons. The topological polar surface area (TPSA) is 79.4 Å². The van der Waals surface area contributed by atoms with E-state index in [9.17, 15) is 17.6 Å². The number of amides is 1. The molecule has 0 bridgehead atoms. The normalized spacial score (nSPS) is 11.4. The second-order valence-corrected chi connectivity index (χ2v) is 9.46. The first-order valence-corrected chi connectivity index (χ1v) is 11.4. The fourth-order valence-electron chi connectivity index (χ4n) is 2.60. The molecular formula is C21H20FN3O3S2. The second-order valence-electron chi connectivity index (χ2n) is 6.42. The number of nitrogens with zero attached hydrogens (tertiary/aromatic N) is 2. The molecule has 1 heterocycles. The minimum atomic E-state index is -3.89. The zero-order valence-electron chi connectivity index (χ0n) is 16.2. The van der Waals surface area contributed by atoms with Crippen molar-refractivity contribution in [1.82, 2.24) is 9.29 Å². The summed E-state index contributed by atoms with van der Waals surface area (Å²) in [6.45, 7) is -0.368. The van der Waals surface area contributed by atoms with Gasteiger partial charge in [0.25, 0.3) is 0 Å². The van der Waals surface area contributed by atoms with Crippen molar-refractivity contribution >= 4 is 33.4 Å². The van der Waals surface area contributed by atoms with Crippen LogP contribution in [-0.4, -0.2) is 37.2 Å².